The fourth-order valence-electron chi connectivity index (χ4n) is 4.31. The first kappa shape index (κ1) is 18.1. The molecule has 0 radical (unpaired) electrons. The zero-order valence-corrected chi connectivity index (χ0v) is 16.2. The molecule has 5 heteroatoms. The molecule has 1 atom stereocenters. The van der Waals surface area contributed by atoms with E-state index in [9.17, 15) is 4.79 Å². The Hall–Kier alpha value is -2.30. The summed E-state index contributed by atoms with van der Waals surface area (Å²) < 4.78 is 11.2. The number of likely N-dealkylation sites (tertiary alicyclic amines) is 1. The molecular weight excluding hydrogens is 340 g/mol. The average Bonchev–Trinajstić information content (AvgIpc) is 3.11. The standard InChI is InChI=1S/C22H28N2O3/c1-3-26-18-7-5-17(6-8-18)22(25)24-12-10-16(11-13-24)21-19-14-15(2)4-9-20(19)23-27-21/h5-8,15-16H,3-4,9-14H2,1-2H3/t15-/m1/s1. The van der Waals surface area contributed by atoms with Gasteiger partial charge in [0, 0.05) is 30.1 Å². The zero-order valence-electron chi connectivity index (χ0n) is 16.2. The van der Waals surface area contributed by atoms with Crippen molar-refractivity contribution in [3.63, 3.8) is 0 Å². The highest BCUT2D eigenvalue weighted by molar-refractivity contribution is 5.94. The van der Waals surface area contributed by atoms with E-state index in [1.54, 1.807) is 0 Å². The summed E-state index contributed by atoms with van der Waals surface area (Å²) in [6, 6.07) is 7.44. The maximum absolute atomic E-state index is 12.8. The summed E-state index contributed by atoms with van der Waals surface area (Å²) in [4.78, 5) is 14.7. The molecule has 2 aliphatic rings. The molecule has 1 amide bonds. The van der Waals surface area contributed by atoms with Gasteiger partial charge in [-0.05, 0) is 69.2 Å². The van der Waals surface area contributed by atoms with Crippen LogP contribution in [0.5, 0.6) is 5.75 Å². The first-order chi connectivity index (χ1) is 13.2. The van der Waals surface area contributed by atoms with E-state index >= 15 is 0 Å². The third kappa shape index (κ3) is 3.73. The topological polar surface area (TPSA) is 55.6 Å². The summed E-state index contributed by atoms with van der Waals surface area (Å²) >= 11 is 0. The molecule has 1 fully saturated rings. The van der Waals surface area contributed by atoms with Crippen LogP contribution in [0.25, 0.3) is 0 Å². The van der Waals surface area contributed by atoms with Gasteiger partial charge in [-0.25, -0.2) is 0 Å². The summed E-state index contributed by atoms with van der Waals surface area (Å²) in [5.41, 5.74) is 3.24. The number of rotatable bonds is 4. The van der Waals surface area contributed by atoms with Gasteiger partial charge in [-0.3, -0.25) is 4.79 Å². The second-order valence-electron chi connectivity index (χ2n) is 7.84. The largest absolute Gasteiger partial charge is 0.494 e. The van der Waals surface area contributed by atoms with E-state index in [1.165, 1.54) is 12.0 Å². The van der Waals surface area contributed by atoms with Gasteiger partial charge >= 0.3 is 0 Å². The number of carbonyl (C=O) groups excluding carboxylic acids is 1. The van der Waals surface area contributed by atoms with Crippen LogP contribution in [0.3, 0.4) is 0 Å². The summed E-state index contributed by atoms with van der Waals surface area (Å²) in [6.07, 6.45) is 5.21. The molecule has 1 aromatic heterocycles. The van der Waals surface area contributed by atoms with Gasteiger partial charge in [0.05, 0.1) is 12.3 Å². The summed E-state index contributed by atoms with van der Waals surface area (Å²) in [5, 5.41) is 4.32. The second kappa shape index (κ2) is 7.75. The Balaban J connectivity index is 1.39. The van der Waals surface area contributed by atoms with Crippen LogP contribution in [0.2, 0.25) is 0 Å². The Morgan fingerprint density at radius 1 is 1.22 bits per heavy atom. The highest BCUT2D eigenvalue weighted by Crippen LogP contribution is 2.36. The van der Waals surface area contributed by atoms with Crippen molar-refractivity contribution in [3.05, 3.63) is 46.8 Å². The molecule has 2 aromatic rings. The van der Waals surface area contributed by atoms with Gasteiger partial charge in [0.1, 0.15) is 11.5 Å². The maximum atomic E-state index is 12.8. The molecule has 1 aromatic carbocycles. The van der Waals surface area contributed by atoms with Crippen LogP contribution in [0.1, 0.15) is 66.4 Å². The Morgan fingerprint density at radius 2 is 1.96 bits per heavy atom. The molecule has 2 heterocycles. The lowest BCUT2D eigenvalue weighted by molar-refractivity contribution is 0.0705. The van der Waals surface area contributed by atoms with Crippen LogP contribution in [-0.2, 0) is 12.8 Å². The van der Waals surface area contributed by atoms with E-state index in [1.807, 2.05) is 36.1 Å². The van der Waals surface area contributed by atoms with Crippen LogP contribution in [0.4, 0.5) is 0 Å². The van der Waals surface area contributed by atoms with Crippen molar-refractivity contribution in [1.29, 1.82) is 0 Å². The minimum Gasteiger partial charge on any atom is -0.494 e. The Kier molecular flexibility index (Phi) is 5.19. The third-order valence-electron chi connectivity index (χ3n) is 5.89. The fraction of sp³-hybridized carbons (Fsp3) is 0.545. The lowest BCUT2D eigenvalue weighted by Crippen LogP contribution is -2.38. The molecule has 1 aliphatic heterocycles. The second-order valence-corrected chi connectivity index (χ2v) is 7.84. The molecule has 0 unspecified atom stereocenters. The molecule has 1 saturated heterocycles. The van der Waals surface area contributed by atoms with E-state index in [0.717, 1.165) is 61.5 Å². The molecule has 0 N–H and O–H groups in total. The number of hydrogen-bond acceptors (Lipinski definition) is 4. The monoisotopic (exact) mass is 368 g/mol. The van der Waals surface area contributed by atoms with E-state index in [2.05, 4.69) is 12.1 Å². The van der Waals surface area contributed by atoms with Crippen molar-refractivity contribution in [2.24, 2.45) is 5.92 Å². The number of aryl methyl sites for hydroxylation is 1. The lowest BCUT2D eigenvalue weighted by atomic mass is 9.83. The van der Waals surface area contributed by atoms with Crippen molar-refractivity contribution >= 4 is 5.91 Å². The zero-order chi connectivity index (χ0) is 18.8. The molecule has 0 saturated carbocycles. The van der Waals surface area contributed by atoms with Gasteiger partial charge < -0.3 is 14.2 Å². The van der Waals surface area contributed by atoms with Crippen molar-refractivity contribution in [3.8, 4) is 5.75 Å². The quantitative estimate of drug-likeness (QED) is 0.811. The van der Waals surface area contributed by atoms with E-state index in [0.29, 0.717) is 18.4 Å². The van der Waals surface area contributed by atoms with Gasteiger partial charge in [-0.2, -0.15) is 0 Å². The van der Waals surface area contributed by atoms with Gasteiger partial charge in [0.2, 0.25) is 0 Å². The minimum absolute atomic E-state index is 0.102. The summed E-state index contributed by atoms with van der Waals surface area (Å²) in [7, 11) is 0. The van der Waals surface area contributed by atoms with Crippen LogP contribution >= 0.6 is 0 Å². The minimum atomic E-state index is 0.102. The highest BCUT2D eigenvalue weighted by atomic mass is 16.5. The van der Waals surface area contributed by atoms with Crippen molar-refractivity contribution in [2.45, 2.75) is 51.9 Å². The highest BCUT2D eigenvalue weighted by Gasteiger charge is 2.31. The van der Waals surface area contributed by atoms with E-state index < -0.39 is 0 Å². The van der Waals surface area contributed by atoms with E-state index in [4.69, 9.17) is 9.26 Å². The van der Waals surface area contributed by atoms with Crippen molar-refractivity contribution < 1.29 is 14.1 Å². The summed E-state index contributed by atoms with van der Waals surface area (Å²) in [5.74, 6) is 3.08. The Labute approximate surface area is 160 Å². The molecule has 4 rings (SSSR count). The molecule has 27 heavy (non-hydrogen) atoms. The smallest absolute Gasteiger partial charge is 0.253 e. The number of benzene rings is 1. The van der Waals surface area contributed by atoms with Crippen molar-refractivity contribution in [1.82, 2.24) is 10.1 Å². The number of amides is 1. The Bertz CT molecular complexity index is 788. The summed E-state index contributed by atoms with van der Waals surface area (Å²) in [6.45, 7) is 6.42. The molecule has 0 spiro atoms. The number of carbonyl (C=O) groups is 1. The third-order valence-corrected chi connectivity index (χ3v) is 5.89. The predicted molar refractivity (Wildman–Crippen MR) is 103 cm³/mol. The van der Waals surface area contributed by atoms with Crippen LogP contribution in [0, 0.1) is 5.92 Å². The predicted octanol–water partition coefficient (Wildman–Crippen LogP) is 4.22. The van der Waals surface area contributed by atoms with Crippen LogP contribution in [0.15, 0.2) is 28.8 Å². The van der Waals surface area contributed by atoms with Gasteiger partial charge in [0.25, 0.3) is 5.91 Å². The number of ether oxygens (including phenoxy) is 1. The first-order valence-electron chi connectivity index (χ1n) is 10.1. The number of piperidine rings is 1. The van der Waals surface area contributed by atoms with Gasteiger partial charge in [-0.15, -0.1) is 0 Å². The van der Waals surface area contributed by atoms with Gasteiger partial charge in [0.15, 0.2) is 0 Å². The van der Waals surface area contributed by atoms with E-state index in [-0.39, 0.29) is 5.91 Å². The van der Waals surface area contributed by atoms with Crippen LogP contribution < -0.4 is 4.74 Å². The number of hydrogen-bond donors (Lipinski definition) is 0. The molecular formula is C22H28N2O3. The molecule has 1 aliphatic carbocycles. The van der Waals surface area contributed by atoms with Gasteiger partial charge in [-0.1, -0.05) is 12.1 Å². The number of nitrogens with zero attached hydrogens (tertiary/aromatic N) is 2. The van der Waals surface area contributed by atoms with Crippen LogP contribution in [-0.4, -0.2) is 35.7 Å². The van der Waals surface area contributed by atoms with Crippen molar-refractivity contribution in [2.75, 3.05) is 19.7 Å². The average molecular weight is 368 g/mol. The molecule has 144 valence electrons. The fourth-order valence-corrected chi connectivity index (χ4v) is 4.31. The number of aromatic nitrogens is 1. The first-order valence-corrected chi connectivity index (χ1v) is 10.1. The maximum Gasteiger partial charge on any atom is 0.253 e. The Morgan fingerprint density at radius 3 is 2.67 bits per heavy atom. The lowest BCUT2D eigenvalue weighted by Gasteiger charge is -2.31. The SMILES string of the molecule is CCOc1ccc(C(=O)N2CCC(c3onc4c3C[C@H](C)CC4)CC2)cc1. The number of fused-ring (bicyclic) bond motifs is 1. The molecule has 5 nitrogen and oxygen atoms in total. The molecule has 0 bridgehead atoms. The normalized spacial score (nSPS) is 20.4.